The minimum atomic E-state index is -1.04. The normalized spacial score (nSPS) is 15.1. The van der Waals surface area contributed by atoms with Crippen molar-refractivity contribution in [2.45, 2.75) is 18.8 Å². The number of hydrogen-bond donors (Lipinski definition) is 1. The molecule has 146 valence electrons. The van der Waals surface area contributed by atoms with Gasteiger partial charge in [0.2, 0.25) is 0 Å². The van der Waals surface area contributed by atoms with E-state index in [0.717, 1.165) is 24.3 Å². The van der Waals surface area contributed by atoms with Crippen LogP contribution in [0.3, 0.4) is 0 Å². The largest absolute Gasteiger partial charge is 0.477 e. The molecule has 0 saturated carbocycles. The number of carbonyl (C=O) groups is 1. The van der Waals surface area contributed by atoms with Crippen molar-refractivity contribution in [1.82, 2.24) is 19.8 Å². The van der Waals surface area contributed by atoms with Crippen LogP contribution in [0.5, 0.6) is 0 Å². The summed E-state index contributed by atoms with van der Waals surface area (Å²) in [6.45, 7) is 1.35. The third kappa shape index (κ3) is 3.02. The maximum atomic E-state index is 12.0. The molecule has 0 radical (unpaired) electrons. The van der Waals surface area contributed by atoms with Gasteiger partial charge in [0.1, 0.15) is 5.82 Å². The molecule has 1 fully saturated rings. The fourth-order valence-electron chi connectivity index (χ4n) is 3.96. The maximum absolute atomic E-state index is 12.0. The molecule has 0 atom stereocenters. The van der Waals surface area contributed by atoms with Crippen molar-refractivity contribution in [3.63, 3.8) is 0 Å². The Hall–Kier alpha value is -3.68. The third-order valence-electron chi connectivity index (χ3n) is 5.42. The van der Waals surface area contributed by atoms with E-state index in [1.807, 2.05) is 64.0 Å². The lowest BCUT2D eigenvalue weighted by molar-refractivity contribution is 0.0697. The fourth-order valence-corrected chi connectivity index (χ4v) is 3.96. The molecule has 8 nitrogen and oxygen atoms in total. The summed E-state index contributed by atoms with van der Waals surface area (Å²) in [6.07, 6.45) is 3.65. The highest BCUT2D eigenvalue weighted by Crippen LogP contribution is 2.35. The van der Waals surface area contributed by atoms with Gasteiger partial charge in [-0.15, -0.1) is 10.2 Å². The van der Waals surface area contributed by atoms with Crippen LogP contribution in [0.1, 0.15) is 34.9 Å². The standard InChI is InChI=1S/C21H19N5O3/c27-21(28)17-18(14-6-2-1-3-7-14)29-24-20(17)25-12-9-15(10-13-25)19-23-22-16-8-4-5-11-26(16)19/h1-8,11,15H,9-10,12-13H2,(H,27,28). The molecule has 0 bridgehead atoms. The Bertz CT molecular complexity index is 1160. The van der Waals surface area contributed by atoms with Gasteiger partial charge in [-0.3, -0.25) is 4.40 Å². The van der Waals surface area contributed by atoms with Crippen molar-refractivity contribution in [1.29, 1.82) is 0 Å². The number of anilines is 1. The molecule has 4 heterocycles. The minimum absolute atomic E-state index is 0.113. The highest BCUT2D eigenvalue weighted by molar-refractivity contribution is 5.99. The van der Waals surface area contributed by atoms with Gasteiger partial charge >= 0.3 is 5.97 Å². The second-order valence-electron chi connectivity index (χ2n) is 7.13. The van der Waals surface area contributed by atoms with Gasteiger partial charge < -0.3 is 14.5 Å². The zero-order chi connectivity index (χ0) is 19.8. The number of benzene rings is 1. The lowest BCUT2D eigenvalue weighted by atomic mass is 9.95. The molecule has 0 unspecified atom stereocenters. The average molecular weight is 389 g/mol. The number of aromatic carboxylic acids is 1. The van der Waals surface area contributed by atoms with Crippen LogP contribution in [-0.2, 0) is 0 Å². The summed E-state index contributed by atoms with van der Waals surface area (Å²) in [5.74, 6) is 0.853. The van der Waals surface area contributed by atoms with E-state index in [4.69, 9.17) is 4.52 Å². The molecular weight excluding hydrogens is 370 g/mol. The molecule has 1 aromatic carbocycles. The monoisotopic (exact) mass is 389 g/mol. The van der Waals surface area contributed by atoms with Crippen LogP contribution < -0.4 is 4.90 Å². The highest BCUT2D eigenvalue weighted by atomic mass is 16.5. The molecule has 1 N–H and O–H groups in total. The molecule has 3 aromatic heterocycles. The highest BCUT2D eigenvalue weighted by Gasteiger charge is 2.31. The summed E-state index contributed by atoms with van der Waals surface area (Å²) in [5.41, 5.74) is 1.65. The Morgan fingerprint density at radius 3 is 2.55 bits per heavy atom. The molecule has 8 heteroatoms. The van der Waals surface area contributed by atoms with E-state index in [1.165, 1.54) is 0 Å². The summed E-state index contributed by atoms with van der Waals surface area (Å²) in [4.78, 5) is 14.0. The Balaban J connectivity index is 1.40. The van der Waals surface area contributed by atoms with E-state index in [2.05, 4.69) is 15.4 Å². The van der Waals surface area contributed by atoms with Crippen LogP contribution in [0.4, 0.5) is 5.82 Å². The molecule has 29 heavy (non-hydrogen) atoms. The van der Waals surface area contributed by atoms with Crippen LogP contribution in [0.2, 0.25) is 0 Å². The van der Waals surface area contributed by atoms with E-state index >= 15 is 0 Å². The number of hydrogen-bond acceptors (Lipinski definition) is 6. The van der Waals surface area contributed by atoms with E-state index in [0.29, 0.717) is 30.2 Å². The summed E-state index contributed by atoms with van der Waals surface area (Å²) in [6, 6.07) is 15.0. The third-order valence-corrected chi connectivity index (χ3v) is 5.42. The molecule has 5 rings (SSSR count). The predicted molar refractivity (Wildman–Crippen MR) is 106 cm³/mol. The molecule has 1 aliphatic heterocycles. The molecule has 0 amide bonds. The first kappa shape index (κ1) is 17.4. The molecule has 0 spiro atoms. The quantitative estimate of drug-likeness (QED) is 0.571. The molecule has 4 aromatic rings. The van der Waals surface area contributed by atoms with Gasteiger partial charge in [-0.05, 0) is 25.0 Å². The zero-order valence-corrected chi connectivity index (χ0v) is 15.6. The predicted octanol–water partition coefficient (Wildman–Crippen LogP) is 3.47. The topological polar surface area (TPSA) is 96.8 Å². The summed E-state index contributed by atoms with van der Waals surface area (Å²) in [5, 5.41) is 22.5. The Kier molecular flexibility index (Phi) is 4.23. The fraction of sp³-hybridized carbons (Fsp3) is 0.238. The molecular formula is C21H19N5O3. The van der Waals surface area contributed by atoms with E-state index in [1.54, 1.807) is 0 Å². The number of aromatic nitrogens is 4. The van der Waals surface area contributed by atoms with Crippen LogP contribution in [0.25, 0.3) is 17.0 Å². The van der Waals surface area contributed by atoms with E-state index in [-0.39, 0.29) is 11.5 Å². The first-order valence-electron chi connectivity index (χ1n) is 9.55. The van der Waals surface area contributed by atoms with Crippen molar-refractivity contribution >= 4 is 17.4 Å². The summed E-state index contributed by atoms with van der Waals surface area (Å²) < 4.78 is 7.47. The smallest absolute Gasteiger partial charge is 0.343 e. The second kappa shape index (κ2) is 7.05. The minimum Gasteiger partial charge on any atom is -0.477 e. The Morgan fingerprint density at radius 1 is 1.03 bits per heavy atom. The van der Waals surface area contributed by atoms with Gasteiger partial charge in [0.05, 0.1) is 0 Å². The van der Waals surface area contributed by atoms with Crippen LogP contribution in [0, 0.1) is 0 Å². The number of pyridine rings is 1. The van der Waals surface area contributed by atoms with Gasteiger partial charge in [0.15, 0.2) is 22.8 Å². The number of fused-ring (bicyclic) bond motifs is 1. The second-order valence-corrected chi connectivity index (χ2v) is 7.13. The number of piperidine rings is 1. The number of carboxylic acids is 1. The molecule has 0 aliphatic carbocycles. The SMILES string of the molecule is O=C(O)c1c(N2CCC(c3nnc4ccccn34)CC2)noc1-c1ccccc1. The van der Waals surface area contributed by atoms with Gasteiger partial charge in [-0.2, -0.15) is 0 Å². The number of nitrogens with zero attached hydrogens (tertiary/aromatic N) is 5. The van der Waals surface area contributed by atoms with Gasteiger partial charge in [0, 0.05) is 30.8 Å². The van der Waals surface area contributed by atoms with E-state index in [9.17, 15) is 9.90 Å². The zero-order valence-electron chi connectivity index (χ0n) is 15.6. The Morgan fingerprint density at radius 2 is 1.79 bits per heavy atom. The first-order chi connectivity index (χ1) is 14.2. The summed E-state index contributed by atoms with van der Waals surface area (Å²) in [7, 11) is 0. The van der Waals surface area contributed by atoms with Crippen molar-refractivity contribution in [3.8, 4) is 11.3 Å². The lowest BCUT2D eigenvalue weighted by Gasteiger charge is -2.31. The Labute approximate surface area is 166 Å². The van der Waals surface area contributed by atoms with Crippen molar-refractivity contribution < 1.29 is 14.4 Å². The molecule has 1 saturated heterocycles. The maximum Gasteiger partial charge on any atom is 0.343 e. The van der Waals surface area contributed by atoms with Crippen molar-refractivity contribution in [2.75, 3.05) is 18.0 Å². The van der Waals surface area contributed by atoms with Crippen LogP contribution in [-0.4, -0.2) is 43.9 Å². The van der Waals surface area contributed by atoms with Crippen LogP contribution in [0.15, 0.2) is 59.3 Å². The lowest BCUT2D eigenvalue weighted by Crippen LogP contribution is -2.34. The van der Waals surface area contributed by atoms with E-state index < -0.39 is 5.97 Å². The average Bonchev–Trinajstić information content (AvgIpc) is 3.39. The van der Waals surface area contributed by atoms with Crippen LogP contribution >= 0.6 is 0 Å². The molecule has 1 aliphatic rings. The van der Waals surface area contributed by atoms with Gasteiger partial charge in [0.25, 0.3) is 0 Å². The van der Waals surface area contributed by atoms with Crippen molar-refractivity contribution in [3.05, 3.63) is 66.1 Å². The number of rotatable bonds is 4. The van der Waals surface area contributed by atoms with Crippen molar-refractivity contribution in [2.24, 2.45) is 0 Å². The number of carboxylic acid groups (broad SMARTS) is 1. The van der Waals surface area contributed by atoms with Gasteiger partial charge in [-0.1, -0.05) is 41.6 Å². The summed E-state index contributed by atoms with van der Waals surface area (Å²) >= 11 is 0. The van der Waals surface area contributed by atoms with Gasteiger partial charge in [-0.25, -0.2) is 4.79 Å². The first-order valence-corrected chi connectivity index (χ1v) is 9.55.